The van der Waals surface area contributed by atoms with E-state index in [2.05, 4.69) is 20.6 Å². The molecule has 3 aliphatic heterocycles. The summed E-state index contributed by atoms with van der Waals surface area (Å²) in [6, 6.07) is 26.5. The molecule has 474 valence electrons. The number of esters is 1. The fourth-order valence-corrected chi connectivity index (χ4v) is 11.4. The third kappa shape index (κ3) is 14.5. The highest BCUT2D eigenvalue weighted by Crippen LogP contribution is 2.46. The Balaban J connectivity index is 0.000000191. The molecule has 0 fully saturated rings. The number of carboxylic acid groups (broad SMARTS) is 1. The summed E-state index contributed by atoms with van der Waals surface area (Å²) in [6.45, 7) is 11.5. The van der Waals surface area contributed by atoms with Crippen molar-refractivity contribution in [3.63, 3.8) is 0 Å². The third-order valence-corrected chi connectivity index (χ3v) is 16.4. The number of hydrogen-bond donors (Lipinski definition) is 2. The number of amides is 1. The van der Waals surface area contributed by atoms with Crippen LogP contribution in [0.4, 0.5) is 56.6 Å². The zero-order valence-electron chi connectivity index (χ0n) is 50.7. The quantitative estimate of drug-likeness (QED) is 0.0408. The molecule has 6 atom stereocenters. The molecule has 0 aromatic heterocycles. The van der Waals surface area contributed by atoms with E-state index in [1.54, 1.807) is 38.1 Å². The molecular formula is C67H72F9N7O6. The van der Waals surface area contributed by atoms with Gasteiger partial charge in [0.2, 0.25) is 5.91 Å². The van der Waals surface area contributed by atoms with Crippen LogP contribution in [0.3, 0.4) is 0 Å². The van der Waals surface area contributed by atoms with E-state index in [-0.39, 0.29) is 35.3 Å². The van der Waals surface area contributed by atoms with E-state index in [4.69, 9.17) is 9.47 Å². The monoisotopic (exact) mass is 1240 g/mol. The second kappa shape index (κ2) is 29.6. The summed E-state index contributed by atoms with van der Waals surface area (Å²) >= 11 is 0. The summed E-state index contributed by atoms with van der Waals surface area (Å²) in [5, 5.41) is 30.3. The molecular weight excluding hydrogens is 1170 g/mol. The van der Waals surface area contributed by atoms with Gasteiger partial charge in [0, 0.05) is 49.6 Å². The first-order valence-electron chi connectivity index (χ1n) is 29.3. The average molecular weight is 1240 g/mol. The number of anilines is 3. The van der Waals surface area contributed by atoms with Crippen LogP contribution in [0.25, 0.3) is 0 Å². The van der Waals surface area contributed by atoms with Gasteiger partial charge in [-0.05, 0) is 130 Å². The van der Waals surface area contributed by atoms with E-state index < -0.39 is 92.8 Å². The molecule has 2 N–H and O–H groups in total. The van der Waals surface area contributed by atoms with Gasteiger partial charge < -0.3 is 19.9 Å². The van der Waals surface area contributed by atoms with Crippen LogP contribution < -0.4 is 20.3 Å². The number of nitrogens with one attached hydrogen (secondary N) is 1. The number of carbonyl (C=O) groups is 3. The lowest BCUT2D eigenvalue weighted by atomic mass is 9.77. The smallest absolute Gasteiger partial charge is 0.334 e. The summed E-state index contributed by atoms with van der Waals surface area (Å²) in [5.74, 6) is -9.45. The number of methoxy groups -OCH3 is 2. The van der Waals surface area contributed by atoms with Crippen molar-refractivity contribution in [1.82, 2.24) is 5.32 Å². The van der Waals surface area contributed by atoms with E-state index in [0.717, 1.165) is 73.9 Å². The van der Waals surface area contributed by atoms with Crippen molar-refractivity contribution in [2.45, 2.75) is 116 Å². The Morgan fingerprint density at radius 2 is 0.775 bits per heavy atom. The van der Waals surface area contributed by atoms with E-state index in [1.165, 1.54) is 97.9 Å². The second-order valence-corrected chi connectivity index (χ2v) is 22.3. The minimum Gasteiger partial charge on any atom is -0.479 e. The van der Waals surface area contributed by atoms with Gasteiger partial charge >= 0.3 is 11.9 Å². The first-order chi connectivity index (χ1) is 42.4. The SMILES string of the molecule is CCCCC1C(c2ccc(F)cc2)=NN(c2ccc(F)cc2F)C1(C)C(=O)NCCOC.CCCCC1C(c2ccc(F)cc2)=NN(c2ccc(F)cc2F)C1(C)C(=O)O.CCCCC1C(c2ccc(F)cc2)=NN(c2ccc(F)cc2F)C1(C)C(=O)OC. The summed E-state index contributed by atoms with van der Waals surface area (Å²) in [6.07, 6.45) is 6.69. The van der Waals surface area contributed by atoms with Crippen molar-refractivity contribution in [2.75, 3.05) is 42.4 Å². The molecule has 13 nitrogen and oxygen atoms in total. The molecule has 1 amide bonds. The van der Waals surface area contributed by atoms with Crippen molar-refractivity contribution in [1.29, 1.82) is 0 Å². The van der Waals surface area contributed by atoms with Crippen molar-refractivity contribution in [3.05, 3.63) is 196 Å². The fraction of sp³-hybridized carbons (Fsp3) is 0.373. The summed E-state index contributed by atoms with van der Waals surface area (Å²) in [5.41, 5.74) is -0.961. The van der Waals surface area contributed by atoms with Gasteiger partial charge in [-0.3, -0.25) is 4.79 Å². The Morgan fingerprint density at radius 3 is 1.08 bits per heavy atom. The van der Waals surface area contributed by atoms with Crippen molar-refractivity contribution in [3.8, 4) is 0 Å². The maximum atomic E-state index is 14.8. The predicted molar refractivity (Wildman–Crippen MR) is 324 cm³/mol. The Hall–Kier alpha value is -8.53. The molecule has 6 aromatic rings. The van der Waals surface area contributed by atoms with Crippen molar-refractivity contribution in [2.24, 2.45) is 33.1 Å². The zero-order chi connectivity index (χ0) is 65.0. The number of carbonyl (C=O) groups excluding carboxylic acids is 2. The predicted octanol–water partition coefficient (Wildman–Crippen LogP) is 14.7. The van der Waals surface area contributed by atoms with Crippen LogP contribution in [0.2, 0.25) is 0 Å². The van der Waals surface area contributed by atoms with Gasteiger partial charge in [-0.15, -0.1) is 0 Å². The highest BCUT2D eigenvalue weighted by molar-refractivity contribution is 6.12. The highest BCUT2D eigenvalue weighted by Gasteiger charge is 2.57. The number of hydrogen-bond acceptors (Lipinski definition) is 11. The van der Waals surface area contributed by atoms with Gasteiger partial charge in [-0.1, -0.05) is 95.7 Å². The van der Waals surface area contributed by atoms with Crippen LogP contribution in [-0.4, -0.2) is 84.1 Å². The zero-order valence-corrected chi connectivity index (χ0v) is 50.7. The number of unbranched alkanes of at least 4 members (excludes halogenated alkanes) is 3. The molecule has 0 radical (unpaired) electrons. The highest BCUT2D eigenvalue weighted by atomic mass is 19.2. The van der Waals surface area contributed by atoms with Gasteiger partial charge in [0.1, 0.15) is 40.4 Å². The first kappa shape index (κ1) is 68.0. The largest absolute Gasteiger partial charge is 0.479 e. The maximum absolute atomic E-state index is 14.8. The Labute approximate surface area is 511 Å². The fourth-order valence-electron chi connectivity index (χ4n) is 11.4. The topological polar surface area (TPSA) is 149 Å². The second-order valence-electron chi connectivity index (χ2n) is 22.3. The van der Waals surface area contributed by atoms with Crippen molar-refractivity contribution < 1.29 is 68.5 Å². The lowest BCUT2D eigenvalue weighted by molar-refractivity contribution is -0.147. The molecule has 0 aliphatic carbocycles. The minimum absolute atomic E-state index is 0.00518. The average Bonchev–Trinajstić information content (AvgIpc) is 1.67. The van der Waals surface area contributed by atoms with Crippen molar-refractivity contribution >= 4 is 52.0 Å². The Kier molecular flexibility index (Phi) is 22.6. The third-order valence-electron chi connectivity index (χ3n) is 16.4. The van der Waals surface area contributed by atoms with Gasteiger partial charge in [0.25, 0.3) is 0 Å². The number of nitrogens with zero attached hydrogens (tertiary/aromatic N) is 6. The molecule has 0 saturated heterocycles. The van der Waals surface area contributed by atoms with Crippen LogP contribution in [0.15, 0.2) is 143 Å². The number of rotatable bonds is 21. The molecule has 6 aromatic carbocycles. The van der Waals surface area contributed by atoms with Crippen LogP contribution in [0, 0.1) is 70.1 Å². The number of halogens is 9. The number of ether oxygens (including phenoxy) is 2. The Bertz CT molecular complexity index is 3560. The summed E-state index contributed by atoms with van der Waals surface area (Å²) in [7, 11) is 2.79. The van der Waals surface area contributed by atoms with Gasteiger partial charge in [-0.25, -0.2) is 64.1 Å². The van der Waals surface area contributed by atoms with Crippen LogP contribution in [-0.2, 0) is 23.9 Å². The Morgan fingerprint density at radius 1 is 0.472 bits per heavy atom. The van der Waals surface area contributed by atoms with Gasteiger partial charge in [0.05, 0.1) is 47.9 Å². The lowest BCUT2D eigenvalue weighted by Crippen LogP contribution is -2.58. The van der Waals surface area contributed by atoms with E-state index in [9.17, 15) is 59.0 Å². The van der Waals surface area contributed by atoms with E-state index >= 15 is 0 Å². The lowest BCUT2D eigenvalue weighted by Gasteiger charge is -2.37. The molecule has 3 aliphatic rings. The number of carboxylic acids is 1. The molecule has 22 heteroatoms. The van der Waals surface area contributed by atoms with Crippen LogP contribution in [0.1, 0.15) is 116 Å². The minimum atomic E-state index is -1.57. The number of benzene rings is 6. The van der Waals surface area contributed by atoms with E-state index in [1.807, 2.05) is 20.8 Å². The molecule has 9 rings (SSSR count). The first-order valence-corrected chi connectivity index (χ1v) is 29.3. The molecule has 0 saturated carbocycles. The standard InChI is InChI=1S/C24H28F3N3O2.C22H23F3N2O2.C21H21F3N2O2/c1-4-5-6-19-22(16-7-9-17(25)10-8-16)29-30(21-12-11-18(26)15-20(21)27)24(19,2)23(31)28-13-14-32-3;1-4-5-6-17-20(14-7-9-15(23)10-8-14)26-27(22(17,2)21(28)29-3)19-12-11-16(24)13-18(19)25;1-3-4-5-16-19(13-6-8-14(22)9-7-13)25-26(21(16,2)20(27)28)18-11-10-15(23)12-17(18)24/h7-12,15,19H,4-6,13-14H2,1-3H3,(H,28,31);7-13,17H,4-6H2,1-3H3;6-12,16H,3-5H2,1-2H3,(H,27,28). The van der Waals surface area contributed by atoms with Gasteiger partial charge in [0.15, 0.2) is 28.5 Å². The van der Waals surface area contributed by atoms with E-state index in [0.29, 0.717) is 65.8 Å². The molecule has 6 unspecified atom stereocenters. The van der Waals surface area contributed by atoms with Crippen LogP contribution >= 0.6 is 0 Å². The summed E-state index contributed by atoms with van der Waals surface area (Å²) in [4.78, 5) is 38.7. The summed E-state index contributed by atoms with van der Waals surface area (Å²) < 4.78 is 135. The van der Waals surface area contributed by atoms with Crippen LogP contribution in [0.5, 0.6) is 0 Å². The molecule has 89 heavy (non-hydrogen) atoms. The number of hydrazone groups is 3. The molecule has 0 bridgehead atoms. The maximum Gasteiger partial charge on any atom is 0.334 e. The molecule has 3 heterocycles. The normalized spacial score (nSPS) is 21.1. The number of aliphatic carboxylic acids is 1. The molecule has 0 spiro atoms. The van der Waals surface area contributed by atoms with Gasteiger partial charge in [-0.2, -0.15) is 15.3 Å².